The number of hydrogen-bond donors (Lipinski definition) is 3. The Morgan fingerprint density at radius 1 is 1.22 bits per heavy atom. The second-order valence-corrected chi connectivity index (χ2v) is 8.42. The maximum atomic E-state index is 12.9. The zero-order valence-corrected chi connectivity index (χ0v) is 20.1. The molecule has 1 rings (SSSR count). The molecule has 0 bridgehead atoms. The van der Waals surface area contributed by atoms with Crippen molar-refractivity contribution in [3.05, 3.63) is 47.9 Å². The molecule has 0 saturated heterocycles. The zero-order valence-electron chi connectivity index (χ0n) is 20.1. The molecular formula is C25H38N4O3. The minimum atomic E-state index is -0.733. The second-order valence-electron chi connectivity index (χ2n) is 8.42. The molecule has 3 atom stereocenters. The average Bonchev–Trinajstić information content (AvgIpc) is 2.76. The van der Waals surface area contributed by atoms with Gasteiger partial charge in [0.25, 0.3) is 5.91 Å². The quantitative estimate of drug-likeness (QED) is 0.415. The highest BCUT2D eigenvalue weighted by atomic mass is 16.2. The second kappa shape index (κ2) is 13.5. The van der Waals surface area contributed by atoms with Gasteiger partial charge in [-0.15, -0.1) is 0 Å². The van der Waals surface area contributed by atoms with Gasteiger partial charge in [-0.1, -0.05) is 46.4 Å². The van der Waals surface area contributed by atoms with Crippen LogP contribution in [-0.2, 0) is 14.4 Å². The lowest BCUT2D eigenvalue weighted by Gasteiger charge is -2.22. The first kappa shape index (κ1) is 27.1. The van der Waals surface area contributed by atoms with Crippen LogP contribution in [0.15, 0.2) is 52.8 Å². The predicted molar refractivity (Wildman–Crippen MR) is 130 cm³/mol. The lowest BCUT2D eigenvalue weighted by molar-refractivity contribution is -0.127. The van der Waals surface area contributed by atoms with Crippen molar-refractivity contribution < 1.29 is 14.4 Å². The topological polar surface area (TPSA) is 99.7 Å². The Balaban J connectivity index is 3.12. The van der Waals surface area contributed by atoms with E-state index in [1.54, 1.807) is 12.3 Å². The molecule has 7 nitrogen and oxygen atoms in total. The molecule has 176 valence electrons. The maximum Gasteiger partial charge on any atom is 0.270 e. The summed E-state index contributed by atoms with van der Waals surface area (Å²) in [6.07, 6.45) is 7.41. The van der Waals surface area contributed by atoms with Crippen molar-refractivity contribution in [2.45, 2.75) is 66.3 Å². The van der Waals surface area contributed by atoms with Gasteiger partial charge in [-0.3, -0.25) is 19.4 Å². The van der Waals surface area contributed by atoms with Crippen molar-refractivity contribution in [3.8, 4) is 0 Å². The Bertz CT molecular complexity index is 819. The van der Waals surface area contributed by atoms with Crippen molar-refractivity contribution in [3.63, 3.8) is 0 Å². The maximum absolute atomic E-state index is 12.9. The van der Waals surface area contributed by atoms with E-state index in [-0.39, 0.29) is 36.1 Å². The number of carbonyl (C=O) groups is 3. The Morgan fingerprint density at radius 2 is 1.91 bits per heavy atom. The van der Waals surface area contributed by atoms with E-state index in [0.717, 1.165) is 12.0 Å². The van der Waals surface area contributed by atoms with E-state index < -0.39 is 6.04 Å². The van der Waals surface area contributed by atoms with E-state index in [1.165, 1.54) is 6.08 Å². The lowest BCUT2D eigenvalue weighted by Crippen LogP contribution is -2.48. The first-order valence-electron chi connectivity index (χ1n) is 11.2. The summed E-state index contributed by atoms with van der Waals surface area (Å²) < 4.78 is 0. The van der Waals surface area contributed by atoms with Crippen LogP contribution in [0.2, 0.25) is 0 Å². The highest BCUT2D eigenvalue weighted by Gasteiger charge is 2.25. The Kier molecular flexibility index (Phi) is 11.4. The molecule has 0 spiro atoms. The van der Waals surface area contributed by atoms with E-state index in [2.05, 4.69) is 41.0 Å². The lowest BCUT2D eigenvalue weighted by atomic mass is 9.99. The number of nitrogens with zero attached hydrogens (tertiary/aromatic N) is 1. The van der Waals surface area contributed by atoms with Crippen molar-refractivity contribution in [2.75, 3.05) is 6.54 Å². The van der Waals surface area contributed by atoms with Crippen molar-refractivity contribution in [1.82, 2.24) is 16.0 Å². The van der Waals surface area contributed by atoms with Crippen molar-refractivity contribution in [2.24, 2.45) is 16.8 Å². The van der Waals surface area contributed by atoms with Crippen LogP contribution in [0.4, 0.5) is 0 Å². The van der Waals surface area contributed by atoms with Gasteiger partial charge in [0.1, 0.15) is 11.7 Å². The first-order valence-corrected chi connectivity index (χ1v) is 11.2. The Labute approximate surface area is 192 Å². The molecule has 1 aliphatic heterocycles. The SMILES string of the molecule is C=C/C1=C(\C=C)NC(=O)C(C)CCCC(NC(=O)C(N=CC(C)CC)=C(C)C)C(=O)NC1. The van der Waals surface area contributed by atoms with Crippen LogP contribution in [0.1, 0.15) is 60.3 Å². The van der Waals surface area contributed by atoms with Crippen LogP contribution in [0.5, 0.6) is 0 Å². The zero-order chi connectivity index (χ0) is 24.3. The van der Waals surface area contributed by atoms with Gasteiger partial charge in [0.2, 0.25) is 11.8 Å². The van der Waals surface area contributed by atoms with Gasteiger partial charge in [-0.05, 0) is 56.3 Å². The summed E-state index contributed by atoms with van der Waals surface area (Å²) in [4.78, 5) is 42.7. The number of carbonyl (C=O) groups excluding carboxylic acids is 3. The summed E-state index contributed by atoms with van der Waals surface area (Å²) in [7, 11) is 0. The molecule has 3 amide bonds. The predicted octanol–water partition coefficient (Wildman–Crippen LogP) is 3.56. The molecule has 0 aromatic carbocycles. The molecule has 32 heavy (non-hydrogen) atoms. The molecule has 0 saturated carbocycles. The van der Waals surface area contributed by atoms with Gasteiger partial charge in [-0.25, -0.2) is 0 Å². The third-order valence-corrected chi connectivity index (χ3v) is 5.50. The third kappa shape index (κ3) is 8.29. The van der Waals surface area contributed by atoms with E-state index >= 15 is 0 Å². The van der Waals surface area contributed by atoms with Crippen LogP contribution >= 0.6 is 0 Å². The fourth-order valence-electron chi connectivity index (χ4n) is 3.08. The first-order chi connectivity index (χ1) is 15.1. The number of aliphatic imine (C=N–C) groups is 1. The van der Waals surface area contributed by atoms with Gasteiger partial charge < -0.3 is 16.0 Å². The van der Waals surface area contributed by atoms with Crippen molar-refractivity contribution >= 4 is 23.9 Å². The largest absolute Gasteiger partial charge is 0.350 e. The standard InChI is InChI=1S/C25H38N4O3/c1-8-17(6)14-26-22(16(4)5)25(32)29-21-13-11-12-18(7)23(30)28-20(10-3)19(9-2)15-27-24(21)31/h9-10,14,17-18,21H,2-3,8,11-13,15H2,1,4-7H3,(H,27,31)(H,28,30)(H,29,32)/b20-19-,26-14?. The van der Waals surface area contributed by atoms with Crippen LogP contribution in [0, 0.1) is 11.8 Å². The summed E-state index contributed by atoms with van der Waals surface area (Å²) in [5.41, 5.74) is 2.25. The molecule has 7 heteroatoms. The number of allylic oxidation sites excluding steroid dienone is 2. The number of amides is 3. The molecule has 0 aliphatic carbocycles. The summed E-state index contributed by atoms with van der Waals surface area (Å²) in [5, 5.41) is 8.54. The van der Waals surface area contributed by atoms with E-state index in [1.807, 2.05) is 27.7 Å². The highest BCUT2D eigenvalue weighted by Crippen LogP contribution is 2.15. The summed E-state index contributed by atoms with van der Waals surface area (Å²) in [5.74, 6) is -0.785. The van der Waals surface area contributed by atoms with E-state index in [9.17, 15) is 14.4 Å². The van der Waals surface area contributed by atoms with Gasteiger partial charge in [0.05, 0.1) is 0 Å². The third-order valence-electron chi connectivity index (χ3n) is 5.50. The molecule has 1 heterocycles. The normalized spacial score (nSPS) is 23.8. The molecular weight excluding hydrogens is 404 g/mol. The van der Waals surface area contributed by atoms with E-state index in [0.29, 0.717) is 36.2 Å². The van der Waals surface area contributed by atoms with Gasteiger partial charge >= 0.3 is 0 Å². The molecule has 3 unspecified atom stereocenters. The van der Waals surface area contributed by atoms with Gasteiger partial charge in [0.15, 0.2) is 0 Å². The number of nitrogens with one attached hydrogen (secondary N) is 3. The van der Waals surface area contributed by atoms with Crippen LogP contribution in [0.25, 0.3) is 0 Å². The van der Waals surface area contributed by atoms with E-state index in [4.69, 9.17) is 0 Å². The minimum absolute atomic E-state index is 0.113. The highest BCUT2D eigenvalue weighted by molar-refractivity contribution is 5.98. The van der Waals surface area contributed by atoms with Crippen LogP contribution in [0.3, 0.4) is 0 Å². The molecule has 0 fully saturated rings. The fourth-order valence-corrected chi connectivity index (χ4v) is 3.08. The van der Waals surface area contributed by atoms with Gasteiger partial charge in [-0.2, -0.15) is 0 Å². The van der Waals surface area contributed by atoms with Crippen LogP contribution in [-0.4, -0.2) is 36.5 Å². The number of rotatable bonds is 7. The van der Waals surface area contributed by atoms with Crippen LogP contribution < -0.4 is 16.0 Å². The Morgan fingerprint density at radius 3 is 2.47 bits per heavy atom. The summed E-state index contributed by atoms with van der Waals surface area (Å²) in [6.45, 7) is 17.2. The summed E-state index contributed by atoms with van der Waals surface area (Å²) in [6, 6.07) is -0.733. The Hall–Kier alpha value is -2.96. The molecule has 0 radical (unpaired) electrons. The molecule has 1 aliphatic rings. The molecule has 0 aromatic heterocycles. The summed E-state index contributed by atoms with van der Waals surface area (Å²) >= 11 is 0. The van der Waals surface area contributed by atoms with Gasteiger partial charge in [0, 0.05) is 24.4 Å². The molecule has 0 aromatic rings. The monoisotopic (exact) mass is 442 g/mol. The minimum Gasteiger partial charge on any atom is -0.350 e. The fraction of sp³-hybridized carbons (Fsp3) is 0.520. The number of hydrogen-bond acceptors (Lipinski definition) is 4. The average molecular weight is 443 g/mol. The van der Waals surface area contributed by atoms with Crippen molar-refractivity contribution in [1.29, 1.82) is 0 Å². The smallest absolute Gasteiger partial charge is 0.270 e. The molecule has 3 N–H and O–H groups in total.